The highest BCUT2D eigenvalue weighted by Gasteiger charge is 2.70. The molecule has 16 nitrogen and oxygen atoms in total. The number of ether oxygens (including phenoxy) is 5. The molecule has 2 saturated heterocycles. The molecule has 1 aromatic carbocycles. The number of nitrogens with zero attached hydrogens (tertiary/aromatic N) is 3. The number of allylic oxidation sites excluding steroid dienone is 2. The molecule has 7 aliphatic rings. The van der Waals surface area contributed by atoms with E-state index in [1.54, 1.807) is 4.68 Å². The normalized spacial score (nSPS) is 43.5. The fourth-order valence-corrected chi connectivity index (χ4v) is 15.5. The molecular formula is C52H75BrN4O12. The number of fused-ring (bicyclic) bond motifs is 7. The number of carbonyl (C=O) groups excluding carboxylic acids is 2. The van der Waals surface area contributed by atoms with Crippen molar-refractivity contribution >= 4 is 27.8 Å². The number of halogens is 1. The SMILES string of the molecule is CC(=O)N[C@H]1[C@H](O[C@H]2CC[C@]3(C)[C@H]4CC=C5[C@@H]6CC(C)(C)CC[C@]6(C(=O)OCc6cn(-c7ccccc7Br)nn6)CC[C@@]5(C)[C@]4(C)CC[C@H]3C2(C)C)O[C@H](CO[C@@H]2OC[C@H](O)[C@H](O)[C@@H]2O)[C@@H](O)[C@@H]1O. The second-order valence-electron chi connectivity index (χ2n) is 23.9. The Morgan fingerprint density at radius 3 is 2.36 bits per heavy atom. The molecule has 4 saturated carbocycles. The highest BCUT2D eigenvalue weighted by Crippen LogP contribution is 2.76. The van der Waals surface area contributed by atoms with E-state index < -0.39 is 66.6 Å². The molecule has 6 fully saturated rings. The lowest BCUT2D eigenvalue weighted by Gasteiger charge is -2.71. The van der Waals surface area contributed by atoms with E-state index in [2.05, 4.69) is 86.1 Å². The van der Waals surface area contributed by atoms with Crippen molar-refractivity contribution in [1.29, 1.82) is 0 Å². The number of nitrogens with one attached hydrogen (secondary N) is 1. The van der Waals surface area contributed by atoms with Gasteiger partial charge in [0.25, 0.3) is 0 Å². The van der Waals surface area contributed by atoms with Gasteiger partial charge >= 0.3 is 5.97 Å². The number of hydrogen-bond donors (Lipinski definition) is 6. The minimum Gasteiger partial charge on any atom is -0.459 e. The zero-order valence-corrected chi connectivity index (χ0v) is 43.1. The van der Waals surface area contributed by atoms with Gasteiger partial charge in [-0.25, -0.2) is 4.68 Å². The molecule has 0 radical (unpaired) electrons. The van der Waals surface area contributed by atoms with E-state index in [1.165, 1.54) is 12.5 Å². The summed E-state index contributed by atoms with van der Waals surface area (Å²) >= 11 is 3.60. The van der Waals surface area contributed by atoms with Crippen molar-refractivity contribution in [3.8, 4) is 5.69 Å². The van der Waals surface area contributed by atoms with Crippen molar-refractivity contribution in [2.45, 2.75) is 188 Å². The summed E-state index contributed by atoms with van der Waals surface area (Å²) in [5.41, 5.74) is 1.80. The number of amides is 1. The van der Waals surface area contributed by atoms with Crippen molar-refractivity contribution in [2.75, 3.05) is 13.2 Å². The van der Waals surface area contributed by atoms with E-state index in [4.69, 9.17) is 23.7 Å². The Hall–Kier alpha value is -2.84. The van der Waals surface area contributed by atoms with E-state index in [0.29, 0.717) is 18.0 Å². The summed E-state index contributed by atoms with van der Waals surface area (Å²) in [7, 11) is 0. The molecule has 382 valence electrons. The predicted molar refractivity (Wildman–Crippen MR) is 255 cm³/mol. The lowest BCUT2D eigenvalue weighted by atomic mass is 9.33. The monoisotopic (exact) mass is 1030 g/mol. The molecule has 0 spiro atoms. The van der Waals surface area contributed by atoms with Crippen LogP contribution in [0.5, 0.6) is 0 Å². The lowest BCUT2D eigenvalue weighted by molar-refractivity contribution is -0.322. The van der Waals surface area contributed by atoms with Crippen molar-refractivity contribution in [3.63, 3.8) is 0 Å². The van der Waals surface area contributed by atoms with E-state index in [9.17, 15) is 35.1 Å². The highest BCUT2D eigenvalue weighted by atomic mass is 79.9. The molecule has 1 amide bonds. The van der Waals surface area contributed by atoms with Crippen LogP contribution >= 0.6 is 15.9 Å². The maximum atomic E-state index is 14.7. The van der Waals surface area contributed by atoms with Gasteiger partial charge in [-0.2, -0.15) is 0 Å². The van der Waals surface area contributed by atoms with Crippen LogP contribution in [-0.4, -0.2) is 127 Å². The molecule has 9 rings (SSSR count). The van der Waals surface area contributed by atoms with Gasteiger partial charge in [0.15, 0.2) is 12.6 Å². The second kappa shape index (κ2) is 18.6. The van der Waals surface area contributed by atoms with Gasteiger partial charge in [-0.15, -0.1) is 5.10 Å². The Morgan fingerprint density at radius 1 is 0.884 bits per heavy atom. The third-order valence-corrected chi connectivity index (χ3v) is 19.9. The zero-order chi connectivity index (χ0) is 49.6. The summed E-state index contributed by atoms with van der Waals surface area (Å²) in [6, 6.07) is 6.72. The number of para-hydroxylation sites is 1. The van der Waals surface area contributed by atoms with Crippen LogP contribution in [0, 0.1) is 50.2 Å². The first kappa shape index (κ1) is 51.1. The van der Waals surface area contributed by atoms with Gasteiger partial charge in [0.05, 0.1) is 36.6 Å². The summed E-state index contributed by atoms with van der Waals surface area (Å²) in [5.74, 6) is 0.163. The van der Waals surface area contributed by atoms with Gasteiger partial charge in [-0.05, 0) is 137 Å². The van der Waals surface area contributed by atoms with Crippen LogP contribution in [0.2, 0.25) is 0 Å². The highest BCUT2D eigenvalue weighted by molar-refractivity contribution is 9.10. The maximum Gasteiger partial charge on any atom is 0.313 e. The van der Waals surface area contributed by atoms with Gasteiger partial charge in [0.1, 0.15) is 55.0 Å². The van der Waals surface area contributed by atoms with Crippen molar-refractivity contribution in [3.05, 3.63) is 52.3 Å². The van der Waals surface area contributed by atoms with E-state index >= 15 is 0 Å². The molecule has 2 aromatic rings. The minimum atomic E-state index is -1.55. The number of aliphatic hydroxyl groups excluding tert-OH is 5. The number of hydrogen-bond acceptors (Lipinski definition) is 14. The first-order valence-electron chi connectivity index (χ1n) is 25.2. The fourth-order valence-electron chi connectivity index (χ4n) is 15.1. The Labute approximate surface area is 414 Å². The summed E-state index contributed by atoms with van der Waals surface area (Å²) in [4.78, 5) is 27.2. The van der Waals surface area contributed by atoms with Crippen LogP contribution in [-0.2, 0) is 39.9 Å². The third kappa shape index (κ3) is 8.67. The summed E-state index contributed by atoms with van der Waals surface area (Å²) < 4.78 is 33.3. The molecule has 1 aromatic heterocycles. The Bertz CT molecular complexity index is 2280. The number of benzene rings is 1. The molecule has 5 aliphatic carbocycles. The molecular weight excluding hydrogens is 952 g/mol. The molecule has 3 heterocycles. The third-order valence-electron chi connectivity index (χ3n) is 19.2. The summed E-state index contributed by atoms with van der Waals surface area (Å²) in [5, 5.41) is 64.7. The smallest absolute Gasteiger partial charge is 0.313 e. The zero-order valence-electron chi connectivity index (χ0n) is 41.5. The van der Waals surface area contributed by atoms with Crippen LogP contribution in [0.1, 0.15) is 125 Å². The van der Waals surface area contributed by atoms with Crippen LogP contribution < -0.4 is 5.32 Å². The average molecular weight is 1030 g/mol. The number of esters is 1. The van der Waals surface area contributed by atoms with Gasteiger partial charge in [0, 0.05) is 11.4 Å². The van der Waals surface area contributed by atoms with Gasteiger partial charge < -0.3 is 54.5 Å². The van der Waals surface area contributed by atoms with Crippen LogP contribution in [0.25, 0.3) is 5.69 Å². The number of rotatable bonds is 10. The first-order valence-corrected chi connectivity index (χ1v) is 26.0. The average Bonchev–Trinajstić information content (AvgIpc) is 3.77. The van der Waals surface area contributed by atoms with Gasteiger partial charge in [0.2, 0.25) is 5.91 Å². The topological polar surface area (TPSA) is 224 Å². The van der Waals surface area contributed by atoms with E-state index in [0.717, 1.165) is 67.9 Å². The van der Waals surface area contributed by atoms with Crippen LogP contribution in [0.4, 0.5) is 0 Å². The number of aliphatic hydroxyl groups is 5. The van der Waals surface area contributed by atoms with Crippen molar-refractivity contribution < 1.29 is 58.8 Å². The first-order chi connectivity index (χ1) is 32.5. The number of carbonyl (C=O) groups is 2. The summed E-state index contributed by atoms with van der Waals surface area (Å²) in [6.07, 6.45) is 2.05. The summed E-state index contributed by atoms with van der Waals surface area (Å²) in [6.45, 7) is 17.6. The van der Waals surface area contributed by atoms with Gasteiger partial charge in [-0.3, -0.25) is 9.59 Å². The molecule has 0 bridgehead atoms. The van der Waals surface area contributed by atoms with Crippen LogP contribution in [0.3, 0.4) is 0 Å². The molecule has 6 N–H and O–H groups in total. The van der Waals surface area contributed by atoms with Crippen molar-refractivity contribution in [2.24, 2.45) is 50.2 Å². The lowest BCUT2D eigenvalue weighted by Crippen LogP contribution is -2.67. The fraction of sp³-hybridized carbons (Fsp3) is 0.769. The molecule has 17 atom stereocenters. The molecule has 17 heteroatoms. The van der Waals surface area contributed by atoms with Crippen molar-refractivity contribution in [1.82, 2.24) is 20.3 Å². The van der Waals surface area contributed by atoms with E-state index in [1.807, 2.05) is 30.5 Å². The largest absolute Gasteiger partial charge is 0.459 e. The van der Waals surface area contributed by atoms with Crippen LogP contribution in [0.15, 0.2) is 46.6 Å². The second-order valence-corrected chi connectivity index (χ2v) is 24.7. The quantitative estimate of drug-likeness (QED) is 0.0960. The Morgan fingerprint density at radius 2 is 1.62 bits per heavy atom. The van der Waals surface area contributed by atoms with Gasteiger partial charge in [-0.1, -0.05) is 77.5 Å². The molecule has 0 unspecified atom stereocenters. The number of aromatic nitrogens is 3. The molecule has 69 heavy (non-hydrogen) atoms. The predicted octanol–water partition coefficient (Wildman–Crippen LogP) is 5.67. The minimum absolute atomic E-state index is 0.0335. The molecule has 2 aliphatic heterocycles. The standard InChI is InChI=1S/C52H75BrN4O12/c1-28(58)54-39-42(62)41(61)35(27-66-45-43(63)40(60)34(59)26-65-45)68-44(39)69-38-16-17-49(6)36(48(38,4)5)15-18-51(8)37(49)14-13-30-31-23-47(2,3)19-21-52(31,22-20-50(30,51)7)46(64)67-25-29-24-57(56-55-29)33-12-10-9-11-32(33)53/h9-13,24,31,34-45,59-63H,14-23,25-27H2,1-8H3,(H,54,58)/t31-,34-,35+,36-,37+,38-,39+,40-,41+,42+,43-,44-,45-,49-,50+,51+,52-/m0/s1. The Balaban J connectivity index is 0.928. The maximum absolute atomic E-state index is 14.7. The Kier molecular flexibility index (Phi) is 13.8. The van der Waals surface area contributed by atoms with E-state index in [-0.39, 0.29) is 70.8 Å².